The van der Waals surface area contributed by atoms with Gasteiger partial charge in [0.2, 0.25) is 5.91 Å². The van der Waals surface area contributed by atoms with Crippen LogP contribution in [-0.4, -0.2) is 42.3 Å². The molecule has 7 heteroatoms. The molecule has 0 radical (unpaired) electrons. The zero-order valence-electron chi connectivity index (χ0n) is 10.7. The van der Waals surface area contributed by atoms with Crippen molar-refractivity contribution in [2.45, 2.75) is 26.3 Å². The Morgan fingerprint density at radius 2 is 2.11 bits per heavy atom. The van der Waals surface area contributed by atoms with Gasteiger partial charge in [-0.3, -0.25) is 9.59 Å². The molecule has 1 heterocycles. The van der Waals surface area contributed by atoms with Crippen molar-refractivity contribution in [2.75, 3.05) is 13.1 Å². The van der Waals surface area contributed by atoms with E-state index in [1.54, 1.807) is 31.4 Å². The van der Waals surface area contributed by atoms with Crippen LogP contribution in [0.25, 0.3) is 0 Å². The first kappa shape index (κ1) is 15.6. The smallest absolute Gasteiger partial charge is 0.261 e. The number of amides is 2. The normalized spacial score (nSPS) is 10.8. The highest BCUT2D eigenvalue weighted by atomic mass is 32.1. The molecular formula is C12H16F2N2O2S. The zero-order valence-corrected chi connectivity index (χ0v) is 11.5. The number of nitrogens with zero attached hydrogens (tertiary/aromatic N) is 1. The fourth-order valence-electron chi connectivity index (χ4n) is 1.50. The van der Waals surface area contributed by atoms with Gasteiger partial charge in [-0.2, -0.15) is 0 Å². The highest BCUT2D eigenvalue weighted by Crippen LogP contribution is 2.08. The Hall–Kier alpha value is -1.50. The van der Waals surface area contributed by atoms with E-state index in [4.69, 9.17) is 0 Å². The molecule has 19 heavy (non-hydrogen) atoms. The Morgan fingerprint density at radius 3 is 2.58 bits per heavy atom. The highest BCUT2D eigenvalue weighted by Gasteiger charge is 2.21. The maximum absolute atomic E-state index is 12.3. The average Bonchev–Trinajstić information content (AvgIpc) is 2.85. The number of hydrogen-bond donors (Lipinski definition) is 1. The van der Waals surface area contributed by atoms with E-state index in [-0.39, 0.29) is 18.5 Å². The molecule has 1 N–H and O–H groups in total. The van der Waals surface area contributed by atoms with Gasteiger partial charge >= 0.3 is 0 Å². The van der Waals surface area contributed by atoms with Crippen LogP contribution in [0.15, 0.2) is 17.5 Å². The van der Waals surface area contributed by atoms with Crippen LogP contribution in [0.1, 0.15) is 23.5 Å². The fourth-order valence-corrected chi connectivity index (χ4v) is 2.14. The van der Waals surface area contributed by atoms with E-state index in [1.165, 1.54) is 11.3 Å². The number of alkyl halides is 2. The lowest BCUT2D eigenvalue weighted by molar-refractivity contribution is -0.133. The number of thiophene rings is 1. The molecule has 0 aromatic carbocycles. The van der Waals surface area contributed by atoms with Crippen LogP contribution in [0.2, 0.25) is 0 Å². The summed E-state index contributed by atoms with van der Waals surface area (Å²) in [5.74, 6) is -0.885. The molecule has 0 saturated carbocycles. The lowest BCUT2D eigenvalue weighted by atomic mass is 10.3. The van der Waals surface area contributed by atoms with Crippen LogP contribution in [0, 0.1) is 0 Å². The monoisotopic (exact) mass is 290 g/mol. The Bertz CT molecular complexity index is 421. The molecule has 0 saturated heterocycles. The molecule has 0 spiro atoms. The summed E-state index contributed by atoms with van der Waals surface area (Å²) in [7, 11) is 0. The SMILES string of the molecule is CC(C)N(CC(F)F)C(=O)CNC(=O)c1cccs1. The number of carbonyl (C=O) groups is 2. The Balaban J connectivity index is 2.51. The van der Waals surface area contributed by atoms with Crippen molar-refractivity contribution >= 4 is 23.2 Å². The molecule has 1 aromatic heterocycles. The molecule has 0 bridgehead atoms. The summed E-state index contributed by atoms with van der Waals surface area (Å²) in [6.45, 7) is 2.41. The fraction of sp³-hybridized carbons (Fsp3) is 0.500. The van der Waals surface area contributed by atoms with Gasteiger partial charge < -0.3 is 10.2 Å². The summed E-state index contributed by atoms with van der Waals surface area (Å²) >= 11 is 1.25. The number of halogens is 2. The second-order valence-corrected chi connectivity index (χ2v) is 5.14. The van der Waals surface area contributed by atoms with Crippen molar-refractivity contribution in [1.82, 2.24) is 10.2 Å². The first-order chi connectivity index (χ1) is 8.91. The molecular weight excluding hydrogens is 274 g/mol. The van der Waals surface area contributed by atoms with Crippen molar-refractivity contribution in [3.05, 3.63) is 22.4 Å². The lowest BCUT2D eigenvalue weighted by Gasteiger charge is -2.26. The van der Waals surface area contributed by atoms with E-state index < -0.39 is 18.9 Å². The highest BCUT2D eigenvalue weighted by molar-refractivity contribution is 7.12. The van der Waals surface area contributed by atoms with Gasteiger partial charge in [0.25, 0.3) is 12.3 Å². The Kier molecular flexibility index (Phi) is 5.88. The summed E-state index contributed by atoms with van der Waals surface area (Å²) in [5, 5.41) is 4.17. The van der Waals surface area contributed by atoms with Crippen molar-refractivity contribution in [3.63, 3.8) is 0 Å². The molecule has 0 unspecified atom stereocenters. The topological polar surface area (TPSA) is 49.4 Å². The van der Waals surface area contributed by atoms with E-state index in [0.717, 1.165) is 4.90 Å². The average molecular weight is 290 g/mol. The molecule has 0 aliphatic heterocycles. The van der Waals surface area contributed by atoms with Gasteiger partial charge in [-0.15, -0.1) is 11.3 Å². The minimum Gasteiger partial charge on any atom is -0.342 e. The van der Waals surface area contributed by atoms with E-state index >= 15 is 0 Å². The van der Waals surface area contributed by atoms with Gasteiger partial charge in [0, 0.05) is 6.04 Å². The van der Waals surface area contributed by atoms with Gasteiger partial charge in [-0.1, -0.05) is 6.07 Å². The summed E-state index contributed by atoms with van der Waals surface area (Å²) in [6, 6.07) is 3.02. The molecule has 0 aliphatic rings. The third-order valence-electron chi connectivity index (χ3n) is 2.42. The summed E-state index contributed by atoms with van der Waals surface area (Å²) < 4.78 is 24.7. The van der Waals surface area contributed by atoms with Crippen LogP contribution in [0.3, 0.4) is 0 Å². The number of rotatable bonds is 6. The molecule has 0 fully saturated rings. The van der Waals surface area contributed by atoms with E-state index in [9.17, 15) is 18.4 Å². The number of hydrogen-bond acceptors (Lipinski definition) is 3. The lowest BCUT2D eigenvalue weighted by Crippen LogP contribution is -2.45. The van der Waals surface area contributed by atoms with Gasteiger partial charge in [0.05, 0.1) is 18.0 Å². The van der Waals surface area contributed by atoms with Gasteiger partial charge in [-0.05, 0) is 25.3 Å². The van der Waals surface area contributed by atoms with Crippen molar-refractivity contribution in [2.24, 2.45) is 0 Å². The molecule has 1 rings (SSSR count). The van der Waals surface area contributed by atoms with E-state index in [1.807, 2.05) is 0 Å². The Labute approximate surface area is 114 Å². The van der Waals surface area contributed by atoms with E-state index in [0.29, 0.717) is 4.88 Å². The summed E-state index contributed by atoms with van der Waals surface area (Å²) in [6.07, 6.45) is -2.58. The van der Waals surface area contributed by atoms with Crippen LogP contribution in [0.4, 0.5) is 8.78 Å². The maximum atomic E-state index is 12.3. The summed E-state index contributed by atoms with van der Waals surface area (Å²) in [5.41, 5.74) is 0. The molecule has 0 aliphatic carbocycles. The third-order valence-corrected chi connectivity index (χ3v) is 3.29. The van der Waals surface area contributed by atoms with Crippen LogP contribution in [0.5, 0.6) is 0 Å². The molecule has 0 atom stereocenters. The predicted octanol–water partition coefficient (Wildman–Crippen LogP) is 1.98. The second-order valence-electron chi connectivity index (χ2n) is 4.19. The third kappa shape index (κ3) is 4.94. The summed E-state index contributed by atoms with van der Waals surface area (Å²) in [4.78, 5) is 24.9. The van der Waals surface area contributed by atoms with Gasteiger partial charge in [0.1, 0.15) is 0 Å². The van der Waals surface area contributed by atoms with E-state index in [2.05, 4.69) is 5.32 Å². The van der Waals surface area contributed by atoms with Crippen LogP contribution >= 0.6 is 11.3 Å². The molecule has 4 nitrogen and oxygen atoms in total. The number of nitrogens with one attached hydrogen (secondary N) is 1. The van der Waals surface area contributed by atoms with Gasteiger partial charge in [-0.25, -0.2) is 8.78 Å². The first-order valence-electron chi connectivity index (χ1n) is 5.81. The molecule has 1 aromatic rings. The minimum atomic E-state index is -2.58. The van der Waals surface area contributed by atoms with Crippen LogP contribution < -0.4 is 5.32 Å². The van der Waals surface area contributed by atoms with Crippen molar-refractivity contribution in [1.29, 1.82) is 0 Å². The first-order valence-corrected chi connectivity index (χ1v) is 6.69. The quantitative estimate of drug-likeness (QED) is 0.871. The molecule has 106 valence electrons. The molecule has 2 amide bonds. The Morgan fingerprint density at radius 1 is 1.42 bits per heavy atom. The number of carbonyl (C=O) groups excluding carboxylic acids is 2. The van der Waals surface area contributed by atoms with Crippen molar-refractivity contribution < 1.29 is 18.4 Å². The largest absolute Gasteiger partial charge is 0.342 e. The second kappa shape index (κ2) is 7.18. The maximum Gasteiger partial charge on any atom is 0.261 e. The van der Waals surface area contributed by atoms with Crippen LogP contribution in [-0.2, 0) is 4.79 Å². The zero-order chi connectivity index (χ0) is 14.4. The predicted molar refractivity (Wildman–Crippen MR) is 69.5 cm³/mol. The minimum absolute atomic E-state index is 0.276. The standard InChI is InChI=1S/C12H16F2N2O2S/c1-8(2)16(7-10(13)14)11(17)6-15-12(18)9-4-3-5-19-9/h3-5,8,10H,6-7H2,1-2H3,(H,15,18). The van der Waals surface area contributed by atoms with Crippen molar-refractivity contribution in [3.8, 4) is 0 Å². The van der Waals surface area contributed by atoms with Gasteiger partial charge in [0.15, 0.2) is 0 Å².